The number of aliphatic hydroxyl groups excluding tert-OH is 1. The Labute approximate surface area is 158 Å². The van der Waals surface area contributed by atoms with Crippen LogP contribution in [0.5, 0.6) is 0 Å². The average Bonchev–Trinajstić information content (AvgIpc) is 3.12. The average molecular weight is 375 g/mol. The van der Waals surface area contributed by atoms with Gasteiger partial charge in [0.15, 0.2) is 11.5 Å². The highest BCUT2D eigenvalue weighted by Gasteiger charge is 2.50. The number of nitrogens with one attached hydrogen (secondary N) is 2. The lowest BCUT2D eigenvalue weighted by atomic mass is 9.58. The summed E-state index contributed by atoms with van der Waals surface area (Å²) in [5.74, 6) is 1.35. The Bertz CT molecular complexity index is 878. The van der Waals surface area contributed by atoms with Gasteiger partial charge in [-0.1, -0.05) is 6.92 Å². The van der Waals surface area contributed by atoms with Gasteiger partial charge < -0.3 is 20.5 Å². The van der Waals surface area contributed by atoms with E-state index in [1.807, 2.05) is 13.8 Å². The third-order valence-corrected chi connectivity index (χ3v) is 6.43. The standard InChI is InChI=1S/C19H29N5O3/c1-3-10-24-15-13(14(22-17(24)26)20-12(2)11-25)21-16(23-15)18-4-7-19(27,8-5-18)9-6-18/h12,25,27H,3-11H2,1-2H3,(H,21,23)(H,20,22,26)/t12-,18?,19?/m1/s1. The predicted molar refractivity (Wildman–Crippen MR) is 103 cm³/mol. The van der Waals surface area contributed by atoms with E-state index in [4.69, 9.17) is 4.98 Å². The van der Waals surface area contributed by atoms with Crippen LogP contribution in [-0.2, 0) is 12.0 Å². The van der Waals surface area contributed by atoms with Crippen molar-refractivity contribution in [1.82, 2.24) is 19.5 Å². The maximum atomic E-state index is 12.6. The zero-order valence-corrected chi connectivity index (χ0v) is 16.1. The highest BCUT2D eigenvalue weighted by Crippen LogP contribution is 2.53. The van der Waals surface area contributed by atoms with Crippen LogP contribution >= 0.6 is 0 Å². The van der Waals surface area contributed by atoms with E-state index >= 15 is 0 Å². The summed E-state index contributed by atoms with van der Waals surface area (Å²) < 4.78 is 1.63. The number of hydrogen-bond acceptors (Lipinski definition) is 6. The quantitative estimate of drug-likeness (QED) is 0.610. The SMILES string of the molecule is CCCn1c(=O)nc(N[C@H](C)CO)c2[nH]c(C34CCC(O)(CC3)CC4)nc21. The van der Waals surface area contributed by atoms with Crippen molar-refractivity contribution >= 4 is 17.0 Å². The minimum atomic E-state index is -0.497. The number of aryl methyl sites for hydroxylation is 1. The second-order valence-electron chi connectivity index (χ2n) is 8.41. The molecule has 3 aliphatic rings. The highest BCUT2D eigenvalue weighted by molar-refractivity contribution is 5.83. The van der Waals surface area contributed by atoms with Crippen molar-refractivity contribution in [2.75, 3.05) is 11.9 Å². The smallest absolute Gasteiger partial charge is 0.351 e. The molecule has 0 spiro atoms. The maximum Gasteiger partial charge on any atom is 0.351 e. The van der Waals surface area contributed by atoms with Gasteiger partial charge in [-0.25, -0.2) is 9.78 Å². The van der Waals surface area contributed by atoms with Crippen LogP contribution in [0.25, 0.3) is 11.2 Å². The first kappa shape index (κ1) is 18.4. The number of imidazole rings is 1. The molecule has 2 heterocycles. The number of aliphatic hydroxyl groups is 2. The molecular weight excluding hydrogens is 346 g/mol. The third kappa shape index (κ3) is 3.04. The van der Waals surface area contributed by atoms with Crippen molar-refractivity contribution in [2.45, 2.75) is 82.4 Å². The fourth-order valence-electron chi connectivity index (χ4n) is 4.61. The minimum absolute atomic E-state index is 0.0509. The van der Waals surface area contributed by atoms with Gasteiger partial charge in [-0.2, -0.15) is 4.98 Å². The monoisotopic (exact) mass is 375 g/mol. The summed E-state index contributed by atoms with van der Waals surface area (Å²) in [4.78, 5) is 25.1. The number of anilines is 1. The van der Waals surface area contributed by atoms with Crippen LogP contribution in [0.1, 0.15) is 64.6 Å². The van der Waals surface area contributed by atoms with Gasteiger partial charge >= 0.3 is 5.69 Å². The molecule has 2 aromatic rings. The number of aromatic amines is 1. The van der Waals surface area contributed by atoms with E-state index < -0.39 is 5.60 Å². The number of fused-ring (bicyclic) bond motifs is 4. The van der Waals surface area contributed by atoms with Crippen LogP contribution in [0.3, 0.4) is 0 Å². The molecule has 27 heavy (non-hydrogen) atoms. The van der Waals surface area contributed by atoms with Gasteiger partial charge in [0.2, 0.25) is 0 Å². The zero-order chi connectivity index (χ0) is 19.2. The lowest BCUT2D eigenvalue weighted by Gasteiger charge is -2.49. The Balaban J connectivity index is 1.83. The van der Waals surface area contributed by atoms with Crippen LogP contribution in [0.2, 0.25) is 0 Å². The molecule has 148 valence electrons. The largest absolute Gasteiger partial charge is 0.394 e. The zero-order valence-electron chi connectivity index (χ0n) is 16.1. The van der Waals surface area contributed by atoms with Gasteiger partial charge in [-0.15, -0.1) is 0 Å². The van der Waals surface area contributed by atoms with Crippen molar-refractivity contribution in [3.63, 3.8) is 0 Å². The van der Waals surface area contributed by atoms with Gasteiger partial charge in [0.05, 0.1) is 12.2 Å². The summed E-state index contributed by atoms with van der Waals surface area (Å²) >= 11 is 0. The molecule has 0 amide bonds. The molecule has 2 aromatic heterocycles. The Hall–Kier alpha value is -1.93. The van der Waals surface area contributed by atoms with Gasteiger partial charge in [-0.3, -0.25) is 4.57 Å². The Morgan fingerprint density at radius 1 is 1.22 bits per heavy atom. The third-order valence-electron chi connectivity index (χ3n) is 6.43. The molecule has 2 bridgehead atoms. The molecule has 8 nitrogen and oxygen atoms in total. The molecule has 8 heteroatoms. The van der Waals surface area contributed by atoms with Crippen LogP contribution in [0.4, 0.5) is 5.82 Å². The number of H-pyrrole nitrogens is 1. The topological polar surface area (TPSA) is 116 Å². The molecule has 3 fully saturated rings. The number of hydrogen-bond donors (Lipinski definition) is 4. The molecule has 0 aromatic carbocycles. The highest BCUT2D eigenvalue weighted by atomic mass is 16.3. The van der Waals surface area contributed by atoms with E-state index in [-0.39, 0.29) is 23.8 Å². The van der Waals surface area contributed by atoms with Crippen LogP contribution in [0.15, 0.2) is 4.79 Å². The molecule has 0 aliphatic heterocycles. The number of aromatic nitrogens is 4. The molecular formula is C19H29N5O3. The first-order valence-corrected chi connectivity index (χ1v) is 10.0. The van der Waals surface area contributed by atoms with Crippen LogP contribution in [-0.4, -0.2) is 48.0 Å². The van der Waals surface area contributed by atoms with Gasteiger partial charge in [-0.05, 0) is 51.9 Å². The summed E-state index contributed by atoms with van der Waals surface area (Å²) in [6.45, 7) is 4.37. The van der Waals surface area contributed by atoms with Gasteiger partial charge in [0.25, 0.3) is 0 Å². The molecule has 4 N–H and O–H groups in total. The van der Waals surface area contributed by atoms with E-state index in [0.717, 1.165) is 56.3 Å². The molecule has 1 atom stereocenters. The summed E-state index contributed by atoms with van der Waals surface area (Å²) in [5.41, 5.74) is 0.466. The van der Waals surface area contributed by atoms with E-state index in [1.54, 1.807) is 4.57 Å². The lowest BCUT2D eigenvalue weighted by molar-refractivity contribution is -0.0677. The molecule has 3 saturated carbocycles. The van der Waals surface area contributed by atoms with Crippen molar-refractivity contribution in [3.05, 3.63) is 16.3 Å². The van der Waals surface area contributed by atoms with E-state index in [0.29, 0.717) is 18.0 Å². The van der Waals surface area contributed by atoms with Crippen molar-refractivity contribution in [3.8, 4) is 0 Å². The van der Waals surface area contributed by atoms with E-state index in [9.17, 15) is 15.0 Å². The molecule has 0 radical (unpaired) electrons. The van der Waals surface area contributed by atoms with Gasteiger partial charge in [0.1, 0.15) is 11.3 Å². The molecule has 0 unspecified atom stereocenters. The summed E-state index contributed by atoms with van der Waals surface area (Å²) in [6, 6.07) is -0.216. The molecule has 3 aliphatic carbocycles. The normalized spacial score (nSPS) is 28.6. The van der Waals surface area contributed by atoms with Gasteiger partial charge in [0, 0.05) is 18.0 Å². The van der Waals surface area contributed by atoms with Crippen molar-refractivity contribution in [1.29, 1.82) is 0 Å². The lowest BCUT2D eigenvalue weighted by Crippen LogP contribution is -2.48. The van der Waals surface area contributed by atoms with E-state index in [1.165, 1.54) is 0 Å². The first-order valence-electron chi connectivity index (χ1n) is 10.0. The van der Waals surface area contributed by atoms with Crippen molar-refractivity contribution in [2.24, 2.45) is 0 Å². The Morgan fingerprint density at radius 2 is 1.89 bits per heavy atom. The Morgan fingerprint density at radius 3 is 2.48 bits per heavy atom. The second-order valence-corrected chi connectivity index (χ2v) is 8.41. The molecule has 5 rings (SSSR count). The summed E-state index contributed by atoms with van der Waals surface area (Å²) in [7, 11) is 0. The van der Waals surface area contributed by atoms with Crippen LogP contribution in [0, 0.1) is 0 Å². The second kappa shape index (κ2) is 6.60. The maximum absolute atomic E-state index is 12.6. The fourth-order valence-corrected chi connectivity index (χ4v) is 4.61. The Kier molecular flexibility index (Phi) is 4.50. The summed E-state index contributed by atoms with van der Waals surface area (Å²) in [6.07, 6.45) is 5.95. The van der Waals surface area contributed by atoms with E-state index in [2.05, 4.69) is 15.3 Å². The summed E-state index contributed by atoms with van der Waals surface area (Å²) in [5, 5.41) is 23.0. The first-order chi connectivity index (χ1) is 12.9. The van der Waals surface area contributed by atoms with Crippen LogP contribution < -0.4 is 11.0 Å². The predicted octanol–water partition coefficient (Wildman–Crippen LogP) is 1.66. The minimum Gasteiger partial charge on any atom is -0.394 e. The van der Waals surface area contributed by atoms with Crippen molar-refractivity contribution < 1.29 is 10.2 Å². The fraction of sp³-hybridized carbons (Fsp3) is 0.737. The number of rotatable bonds is 6. The number of nitrogens with zero attached hydrogens (tertiary/aromatic N) is 3. The molecule has 0 saturated heterocycles.